The van der Waals surface area contributed by atoms with Crippen LogP contribution in [-0.4, -0.2) is 28.3 Å². The molecule has 0 spiro atoms. The number of nitrogens with one attached hydrogen (secondary N) is 1. The minimum absolute atomic E-state index is 0.270. The molecule has 86 valence electrons. The van der Waals surface area contributed by atoms with Crippen LogP contribution >= 0.6 is 0 Å². The predicted molar refractivity (Wildman–Crippen MR) is 64.2 cm³/mol. The van der Waals surface area contributed by atoms with E-state index in [1.54, 1.807) is 0 Å². The lowest BCUT2D eigenvalue weighted by atomic mass is 10.3. The van der Waals surface area contributed by atoms with E-state index in [1.165, 1.54) is 12.8 Å². The third-order valence-electron chi connectivity index (χ3n) is 2.82. The zero-order chi connectivity index (χ0) is 11.4. The molecule has 0 unspecified atom stereocenters. The molecule has 0 aliphatic heterocycles. The van der Waals surface area contributed by atoms with E-state index in [4.69, 9.17) is 11.1 Å². The molecule has 2 rings (SSSR count). The predicted octanol–water partition coefficient (Wildman–Crippen LogP) is 1.37. The van der Waals surface area contributed by atoms with Crippen LogP contribution in [0.5, 0.6) is 0 Å². The Morgan fingerprint density at radius 2 is 2.31 bits per heavy atom. The Kier molecular flexibility index (Phi) is 3.51. The molecular weight excluding hydrogens is 200 g/mol. The largest absolute Gasteiger partial charge is 0.388 e. The molecule has 0 amide bonds. The van der Waals surface area contributed by atoms with Crippen LogP contribution in [-0.2, 0) is 6.54 Å². The molecule has 0 bridgehead atoms. The number of amidine groups is 1. The van der Waals surface area contributed by atoms with E-state index >= 15 is 0 Å². The maximum absolute atomic E-state index is 7.26. The fraction of sp³-hybridized carbons (Fsp3) is 0.500. The van der Waals surface area contributed by atoms with Crippen LogP contribution in [0.3, 0.4) is 0 Å². The summed E-state index contributed by atoms with van der Waals surface area (Å²) in [4.78, 5) is 6.71. The molecule has 1 aliphatic rings. The quantitative estimate of drug-likeness (QED) is 0.560. The molecule has 0 saturated heterocycles. The van der Waals surface area contributed by atoms with Gasteiger partial charge in [-0.3, -0.25) is 15.3 Å². The van der Waals surface area contributed by atoms with Crippen molar-refractivity contribution in [3.8, 4) is 0 Å². The molecule has 4 heteroatoms. The van der Waals surface area contributed by atoms with Crippen molar-refractivity contribution in [2.24, 2.45) is 5.73 Å². The summed E-state index contributed by atoms with van der Waals surface area (Å²) in [6.07, 6.45) is 5.02. The summed E-state index contributed by atoms with van der Waals surface area (Å²) in [5, 5.41) is 7.26. The first-order valence-electron chi connectivity index (χ1n) is 5.72. The van der Waals surface area contributed by atoms with Crippen molar-refractivity contribution in [2.75, 3.05) is 6.54 Å². The summed E-state index contributed by atoms with van der Waals surface area (Å²) in [6, 6.07) is 6.67. The van der Waals surface area contributed by atoms with Crippen LogP contribution in [0.2, 0.25) is 0 Å². The van der Waals surface area contributed by atoms with Crippen molar-refractivity contribution < 1.29 is 0 Å². The van der Waals surface area contributed by atoms with Gasteiger partial charge in [0.05, 0.1) is 11.5 Å². The first kappa shape index (κ1) is 11.1. The van der Waals surface area contributed by atoms with Gasteiger partial charge in [-0.05, 0) is 25.0 Å². The van der Waals surface area contributed by atoms with E-state index in [1.807, 2.05) is 24.4 Å². The number of hydrogen-bond donors (Lipinski definition) is 2. The molecule has 3 N–H and O–H groups in total. The van der Waals surface area contributed by atoms with Gasteiger partial charge in [-0.2, -0.15) is 0 Å². The molecule has 1 saturated carbocycles. The molecule has 0 atom stereocenters. The van der Waals surface area contributed by atoms with Crippen molar-refractivity contribution in [2.45, 2.75) is 31.8 Å². The molecule has 1 fully saturated rings. The lowest BCUT2D eigenvalue weighted by Gasteiger charge is -2.21. The molecular formula is C12H18N4. The number of nitrogens with zero attached hydrogens (tertiary/aromatic N) is 2. The van der Waals surface area contributed by atoms with E-state index in [0.717, 1.165) is 18.8 Å². The first-order valence-corrected chi connectivity index (χ1v) is 5.72. The average Bonchev–Trinajstić information content (AvgIpc) is 3.09. The maximum Gasteiger partial charge on any atom is 0.0918 e. The number of rotatable bonds is 6. The minimum Gasteiger partial charge on any atom is -0.388 e. The van der Waals surface area contributed by atoms with E-state index < -0.39 is 0 Å². The lowest BCUT2D eigenvalue weighted by molar-refractivity contribution is 0.259. The van der Waals surface area contributed by atoms with Crippen molar-refractivity contribution in [3.05, 3.63) is 30.1 Å². The monoisotopic (exact) mass is 218 g/mol. The van der Waals surface area contributed by atoms with E-state index in [0.29, 0.717) is 12.5 Å². The van der Waals surface area contributed by atoms with Gasteiger partial charge >= 0.3 is 0 Å². The van der Waals surface area contributed by atoms with E-state index in [9.17, 15) is 0 Å². The van der Waals surface area contributed by atoms with Crippen LogP contribution in [0, 0.1) is 5.41 Å². The zero-order valence-electron chi connectivity index (χ0n) is 9.39. The van der Waals surface area contributed by atoms with Crippen LogP contribution in [0.4, 0.5) is 0 Å². The van der Waals surface area contributed by atoms with Gasteiger partial charge in [0, 0.05) is 31.7 Å². The fourth-order valence-electron chi connectivity index (χ4n) is 1.79. The molecule has 1 aromatic rings. The van der Waals surface area contributed by atoms with Crippen LogP contribution in [0.1, 0.15) is 25.0 Å². The van der Waals surface area contributed by atoms with Gasteiger partial charge in [-0.25, -0.2) is 0 Å². The highest BCUT2D eigenvalue weighted by Crippen LogP contribution is 2.27. The van der Waals surface area contributed by atoms with Gasteiger partial charge < -0.3 is 5.73 Å². The van der Waals surface area contributed by atoms with Gasteiger partial charge in [0.2, 0.25) is 0 Å². The summed E-state index contributed by atoms with van der Waals surface area (Å²) in [7, 11) is 0. The second kappa shape index (κ2) is 5.07. The van der Waals surface area contributed by atoms with Gasteiger partial charge in [-0.15, -0.1) is 0 Å². The van der Waals surface area contributed by atoms with Gasteiger partial charge in [0.25, 0.3) is 0 Å². The zero-order valence-corrected chi connectivity index (χ0v) is 9.39. The number of pyridine rings is 1. The van der Waals surface area contributed by atoms with Crippen molar-refractivity contribution in [1.82, 2.24) is 9.88 Å². The molecule has 1 aliphatic carbocycles. The Morgan fingerprint density at radius 3 is 2.88 bits per heavy atom. The van der Waals surface area contributed by atoms with Crippen molar-refractivity contribution in [3.63, 3.8) is 0 Å². The summed E-state index contributed by atoms with van der Waals surface area (Å²) < 4.78 is 0. The lowest BCUT2D eigenvalue weighted by Crippen LogP contribution is -2.29. The molecule has 4 nitrogen and oxygen atoms in total. The fourth-order valence-corrected chi connectivity index (χ4v) is 1.79. The normalized spacial score (nSPS) is 15.3. The summed E-state index contributed by atoms with van der Waals surface area (Å²) in [5.74, 6) is 0.270. The third kappa shape index (κ3) is 3.31. The van der Waals surface area contributed by atoms with E-state index in [-0.39, 0.29) is 5.84 Å². The Bertz CT molecular complexity index is 345. The van der Waals surface area contributed by atoms with Crippen LogP contribution in [0.15, 0.2) is 24.4 Å². The Hall–Kier alpha value is -1.42. The number of aromatic nitrogens is 1. The van der Waals surface area contributed by atoms with E-state index in [2.05, 4.69) is 9.88 Å². The summed E-state index contributed by atoms with van der Waals surface area (Å²) in [5.41, 5.74) is 6.49. The summed E-state index contributed by atoms with van der Waals surface area (Å²) in [6.45, 7) is 1.75. The second-order valence-corrected chi connectivity index (χ2v) is 4.30. The highest BCUT2D eigenvalue weighted by molar-refractivity contribution is 5.76. The van der Waals surface area contributed by atoms with Crippen molar-refractivity contribution in [1.29, 1.82) is 5.41 Å². The topological polar surface area (TPSA) is 66.0 Å². The first-order chi connectivity index (χ1) is 7.75. The average molecular weight is 218 g/mol. The van der Waals surface area contributed by atoms with Crippen molar-refractivity contribution >= 4 is 5.84 Å². The van der Waals surface area contributed by atoms with Gasteiger partial charge in [0.1, 0.15) is 0 Å². The molecule has 0 aromatic carbocycles. The SMILES string of the molecule is N=C(N)CCN(Cc1ccccn1)C1CC1. The third-order valence-corrected chi connectivity index (χ3v) is 2.82. The second-order valence-electron chi connectivity index (χ2n) is 4.30. The standard InChI is InChI=1S/C12H18N4/c13-12(14)6-8-16(11-4-5-11)9-10-3-1-2-7-15-10/h1-3,7,11H,4-6,8-9H2,(H3,13,14). The number of hydrogen-bond acceptors (Lipinski definition) is 3. The molecule has 1 heterocycles. The van der Waals surface area contributed by atoms with Crippen LogP contribution in [0.25, 0.3) is 0 Å². The van der Waals surface area contributed by atoms with Crippen LogP contribution < -0.4 is 5.73 Å². The molecule has 16 heavy (non-hydrogen) atoms. The smallest absolute Gasteiger partial charge is 0.0918 e. The number of nitrogens with two attached hydrogens (primary N) is 1. The molecule has 0 radical (unpaired) electrons. The Morgan fingerprint density at radius 1 is 1.50 bits per heavy atom. The van der Waals surface area contributed by atoms with Gasteiger partial charge in [0.15, 0.2) is 0 Å². The maximum atomic E-state index is 7.26. The Balaban J connectivity index is 1.90. The minimum atomic E-state index is 0.270. The summed E-state index contributed by atoms with van der Waals surface area (Å²) >= 11 is 0. The molecule has 1 aromatic heterocycles. The Labute approximate surface area is 96.0 Å². The highest BCUT2D eigenvalue weighted by Gasteiger charge is 2.28. The highest BCUT2D eigenvalue weighted by atomic mass is 15.2. The van der Waals surface area contributed by atoms with Gasteiger partial charge in [-0.1, -0.05) is 6.07 Å².